The first-order valence-electron chi connectivity index (χ1n) is 4.34. The highest BCUT2D eigenvalue weighted by Crippen LogP contribution is 2.27. The molecule has 80 valence electrons. The third kappa shape index (κ3) is 2.00. The Kier molecular flexibility index (Phi) is 2.70. The Labute approximate surface area is 97.0 Å². The number of rotatable bonds is 1. The molecule has 7 heteroatoms. The van der Waals surface area contributed by atoms with Crippen molar-refractivity contribution in [2.75, 3.05) is 17.2 Å². The zero-order valence-electron chi connectivity index (χ0n) is 7.72. The lowest BCUT2D eigenvalue weighted by molar-refractivity contribution is -0.117. The molecule has 5 nitrogen and oxygen atoms in total. The number of carbonyl (C=O) groups is 1. The van der Waals surface area contributed by atoms with Gasteiger partial charge in [-0.05, 0) is 11.6 Å². The van der Waals surface area contributed by atoms with E-state index in [4.69, 9.17) is 17.3 Å². The Balaban J connectivity index is 2.34. The number of nitrogens with two attached hydrogens (primary N) is 1. The number of nitrogens with zero attached hydrogens (tertiary/aromatic N) is 3. The van der Waals surface area contributed by atoms with Crippen LogP contribution in [0.3, 0.4) is 0 Å². The van der Waals surface area contributed by atoms with Gasteiger partial charge in [-0.1, -0.05) is 0 Å². The van der Waals surface area contributed by atoms with Crippen LogP contribution in [0.4, 0.5) is 11.5 Å². The number of hydrogen-bond donors (Lipinski definition) is 2. The zero-order chi connectivity index (χ0) is 11.0. The molecule has 0 aliphatic carbocycles. The second-order valence-corrected chi connectivity index (χ2v) is 4.34. The van der Waals surface area contributed by atoms with Crippen molar-refractivity contribution in [3.05, 3.63) is 11.5 Å². The van der Waals surface area contributed by atoms with Crippen molar-refractivity contribution in [3.63, 3.8) is 0 Å². The summed E-state index contributed by atoms with van der Waals surface area (Å²) in [6.45, 7) is 0.525. The Morgan fingerprint density at radius 3 is 2.93 bits per heavy atom. The molecule has 1 aliphatic rings. The van der Waals surface area contributed by atoms with Crippen molar-refractivity contribution in [1.29, 1.82) is 0 Å². The van der Waals surface area contributed by atoms with Gasteiger partial charge in [-0.2, -0.15) is 17.6 Å². The molecule has 0 bridgehead atoms. The van der Waals surface area contributed by atoms with Crippen LogP contribution in [0.2, 0.25) is 5.28 Å². The van der Waals surface area contributed by atoms with E-state index in [0.29, 0.717) is 18.7 Å². The predicted octanol–water partition coefficient (Wildman–Crippen LogP) is 0.747. The standard InChI is InChI=1S/C8H9ClN4OS/c9-8-11-2-5(7(10)12-8)13-3-4(15)1-6(13)14/h2,4,15H,1,3H2,(H2,10,11,12). The average molecular weight is 245 g/mol. The van der Waals surface area contributed by atoms with Crippen LogP contribution in [0.25, 0.3) is 0 Å². The Hall–Kier alpha value is -1.01. The number of anilines is 2. The molecule has 1 aliphatic heterocycles. The molecule has 1 unspecified atom stereocenters. The van der Waals surface area contributed by atoms with E-state index in [2.05, 4.69) is 22.6 Å². The number of carbonyl (C=O) groups excluding carboxylic acids is 1. The van der Waals surface area contributed by atoms with E-state index in [9.17, 15) is 4.79 Å². The van der Waals surface area contributed by atoms with Crippen LogP contribution in [0.1, 0.15) is 6.42 Å². The molecule has 1 amide bonds. The fourth-order valence-corrected chi connectivity index (χ4v) is 1.95. The zero-order valence-corrected chi connectivity index (χ0v) is 9.37. The quantitative estimate of drug-likeness (QED) is 0.565. The minimum absolute atomic E-state index is 0.0207. The molecule has 2 heterocycles. The van der Waals surface area contributed by atoms with Gasteiger partial charge >= 0.3 is 0 Å². The van der Waals surface area contributed by atoms with Crippen LogP contribution in [0.5, 0.6) is 0 Å². The van der Waals surface area contributed by atoms with Gasteiger partial charge < -0.3 is 10.6 Å². The molecule has 2 N–H and O–H groups in total. The van der Waals surface area contributed by atoms with Gasteiger partial charge in [0, 0.05) is 18.2 Å². The van der Waals surface area contributed by atoms with E-state index in [1.54, 1.807) is 0 Å². The van der Waals surface area contributed by atoms with Crippen molar-refractivity contribution in [2.24, 2.45) is 0 Å². The van der Waals surface area contributed by atoms with Gasteiger partial charge in [-0.15, -0.1) is 0 Å². The highest BCUT2D eigenvalue weighted by Gasteiger charge is 2.30. The van der Waals surface area contributed by atoms with Crippen LogP contribution in [-0.4, -0.2) is 27.7 Å². The van der Waals surface area contributed by atoms with Crippen molar-refractivity contribution >= 4 is 41.6 Å². The lowest BCUT2D eigenvalue weighted by Crippen LogP contribution is -2.26. The molecule has 1 fully saturated rings. The molecule has 1 atom stereocenters. The van der Waals surface area contributed by atoms with Crippen LogP contribution < -0.4 is 10.6 Å². The number of amides is 1. The lowest BCUT2D eigenvalue weighted by Gasteiger charge is -2.16. The topological polar surface area (TPSA) is 72.1 Å². The minimum atomic E-state index is -0.0207. The van der Waals surface area contributed by atoms with Gasteiger partial charge in [-0.25, -0.2) is 4.98 Å². The normalized spacial score (nSPS) is 21.1. The molecule has 1 aromatic rings. The first-order chi connectivity index (χ1) is 7.08. The maximum Gasteiger partial charge on any atom is 0.228 e. The second-order valence-electron chi connectivity index (χ2n) is 3.27. The number of halogens is 1. The molecule has 0 aromatic carbocycles. The summed E-state index contributed by atoms with van der Waals surface area (Å²) in [5, 5.41) is 0.109. The third-order valence-corrected chi connectivity index (χ3v) is 2.69. The number of hydrogen-bond acceptors (Lipinski definition) is 5. The molecular formula is C8H9ClN4OS. The van der Waals surface area contributed by atoms with E-state index in [1.807, 2.05) is 0 Å². The predicted molar refractivity (Wildman–Crippen MR) is 61.2 cm³/mol. The number of aromatic nitrogens is 2. The molecular weight excluding hydrogens is 236 g/mol. The molecule has 0 radical (unpaired) electrons. The summed E-state index contributed by atoms with van der Waals surface area (Å²) in [7, 11) is 0. The highest BCUT2D eigenvalue weighted by atomic mass is 35.5. The van der Waals surface area contributed by atoms with Crippen LogP contribution in [0.15, 0.2) is 6.20 Å². The van der Waals surface area contributed by atoms with Crippen LogP contribution in [-0.2, 0) is 4.79 Å². The minimum Gasteiger partial charge on any atom is -0.382 e. The second kappa shape index (κ2) is 3.86. The first kappa shape index (κ1) is 10.5. The summed E-state index contributed by atoms with van der Waals surface area (Å²) in [4.78, 5) is 20.7. The third-order valence-electron chi connectivity index (χ3n) is 2.16. The van der Waals surface area contributed by atoms with E-state index in [-0.39, 0.29) is 22.3 Å². The fourth-order valence-electron chi connectivity index (χ4n) is 1.50. The SMILES string of the molecule is Nc1nc(Cl)ncc1N1CC(S)CC1=O. The summed E-state index contributed by atoms with van der Waals surface area (Å²) in [6, 6.07) is 0. The Morgan fingerprint density at radius 1 is 1.67 bits per heavy atom. The molecule has 0 saturated carbocycles. The van der Waals surface area contributed by atoms with E-state index in [1.165, 1.54) is 11.1 Å². The maximum atomic E-state index is 11.6. The van der Waals surface area contributed by atoms with Crippen LogP contribution >= 0.6 is 24.2 Å². The van der Waals surface area contributed by atoms with Gasteiger partial charge in [0.15, 0.2) is 5.82 Å². The molecule has 1 aromatic heterocycles. The smallest absolute Gasteiger partial charge is 0.228 e. The van der Waals surface area contributed by atoms with Gasteiger partial charge in [0.1, 0.15) is 5.69 Å². The fraction of sp³-hybridized carbons (Fsp3) is 0.375. The summed E-state index contributed by atoms with van der Waals surface area (Å²) in [6.07, 6.45) is 1.86. The molecule has 1 saturated heterocycles. The van der Waals surface area contributed by atoms with Crippen molar-refractivity contribution in [2.45, 2.75) is 11.7 Å². The maximum absolute atomic E-state index is 11.6. The van der Waals surface area contributed by atoms with Gasteiger partial charge in [-0.3, -0.25) is 4.79 Å². The Bertz CT molecular complexity index is 414. The summed E-state index contributed by atoms with van der Waals surface area (Å²) < 4.78 is 0. The summed E-state index contributed by atoms with van der Waals surface area (Å²) in [5.74, 6) is 0.193. The molecule has 2 rings (SSSR count). The van der Waals surface area contributed by atoms with Crippen molar-refractivity contribution in [3.8, 4) is 0 Å². The van der Waals surface area contributed by atoms with Gasteiger partial charge in [0.2, 0.25) is 11.2 Å². The average Bonchev–Trinajstić information content (AvgIpc) is 2.45. The number of thiol groups is 1. The first-order valence-corrected chi connectivity index (χ1v) is 5.24. The van der Waals surface area contributed by atoms with E-state index >= 15 is 0 Å². The van der Waals surface area contributed by atoms with Gasteiger partial charge in [0.25, 0.3) is 0 Å². The molecule has 15 heavy (non-hydrogen) atoms. The van der Waals surface area contributed by atoms with Crippen molar-refractivity contribution < 1.29 is 4.79 Å². The van der Waals surface area contributed by atoms with E-state index < -0.39 is 0 Å². The number of nitrogen functional groups attached to an aromatic ring is 1. The summed E-state index contributed by atoms with van der Waals surface area (Å²) >= 11 is 9.81. The van der Waals surface area contributed by atoms with E-state index in [0.717, 1.165) is 0 Å². The van der Waals surface area contributed by atoms with Crippen LogP contribution in [0, 0.1) is 0 Å². The molecule has 0 spiro atoms. The van der Waals surface area contributed by atoms with Gasteiger partial charge in [0.05, 0.1) is 6.20 Å². The summed E-state index contributed by atoms with van der Waals surface area (Å²) in [5.41, 5.74) is 6.16. The lowest BCUT2D eigenvalue weighted by atomic mass is 10.4. The largest absolute Gasteiger partial charge is 0.382 e. The highest BCUT2D eigenvalue weighted by molar-refractivity contribution is 7.81. The van der Waals surface area contributed by atoms with Crippen molar-refractivity contribution in [1.82, 2.24) is 9.97 Å². The Morgan fingerprint density at radius 2 is 2.40 bits per heavy atom. The monoisotopic (exact) mass is 244 g/mol.